The quantitative estimate of drug-likeness (QED) is 0.482. The molecule has 2 aliphatic carbocycles. The van der Waals surface area contributed by atoms with Crippen LogP contribution in [0.2, 0.25) is 0 Å². The summed E-state index contributed by atoms with van der Waals surface area (Å²) in [7, 11) is 0. The van der Waals surface area contributed by atoms with Crippen LogP contribution in [-0.2, 0) is 9.53 Å². The van der Waals surface area contributed by atoms with Gasteiger partial charge in [0.25, 0.3) is 0 Å². The SMILES string of the molecule is CC/C(=C\c1ccccc1)[C@@H]1C[C@H]1N[C@H]1CC[C@@H](NCC(C)(C)C(=O)OC(C)(C)C)CC1. The number of carbonyl (C=O) groups excluding carboxylic acids is 1. The second kappa shape index (κ2) is 10.5. The number of nitrogens with one attached hydrogen (secondary N) is 2. The first kappa shape index (κ1) is 25.0. The Bertz CT molecular complexity index is 770. The summed E-state index contributed by atoms with van der Waals surface area (Å²) in [6, 6.07) is 12.5. The lowest BCUT2D eigenvalue weighted by Crippen LogP contribution is -2.46. The fourth-order valence-electron chi connectivity index (χ4n) is 4.68. The van der Waals surface area contributed by atoms with E-state index in [0.29, 0.717) is 30.6 Å². The molecule has 32 heavy (non-hydrogen) atoms. The highest BCUT2D eigenvalue weighted by Crippen LogP contribution is 2.40. The highest BCUT2D eigenvalue weighted by molar-refractivity contribution is 5.76. The van der Waals surface area contributed by atoms with Crippen LogP contribution in [0.5, 0.6) is 0 Å². The molecule has 1 aromatic rings. The van der Waals surface area contributed by atoms with E-state index in [1.807, 2.05) is 34.6 Å². The topological polar surface area (TPSA) is 50.4 Å². The number of hydrogen-bond donors (Lipinski definition) is 2. The van der Waals surface area contributed by atoms with Crippen molar-refractivity contribution in [3.8, 4) is 0 Å². The summed E-state index contributed by atoms with van der Waals surface area (Å²) >= 11 is 0. The van der Waals surface area contributed by atoms with E-state index in [4.69, 9.17) is 4.74 Å². The second-order valence-corrected chi connectivity index (χ2v) is 11.4. The maximum Gasteiger partial charge on any atom is 0.313 e. The predicted octanol–water partition coefficient (Wildman–Crippen LogP) is 5.73. The molecule has 178 valence electrons. The van der Waals surface area contributed by atoms with E-state index >= 15 is 0 Å². The molecule has 0 saturated heterocycles. The molecule has 0 spiro atoms. The zero-order chi connectivity index (χ0) is 23.4. The van der Waals surface area contributed by atoms with Crippen molar-refractivity contribution >= 4 is 12.0 Å². The van der Waals surface area contributed by atoms with E-state index < -0.39 is 11.0 Å². The summed E-state index contributed by atoms with van der Waals surface area (Å²) in [5.74, 6) is 0.577. The third-order valence-electron chi connectivity index (χ3n) is 6.79. The van der Waals surface area contributed by atoms with Gasteiger partial charge in [0.05, 0.1) is 5.41 Å². The zero-order valence-corrected chi connectivity index (χ0v) is 21.0. The Morgan fingerprint density at radius 2 is 1.66 bits per heavy atom. The molecule has 2 atom stereocenters. The molecule has 4 nitrogen and oxygen atoms in total. The predicted molar refractivity (Wildman–Crippen MR) is 133 cm³/mol. The van der Waals surface area contributed by atoms with Crippen molar-refractivity contribution in [2.24, 2.45) is 11.3 Å². The third-order valence-corrected chi connectivity index (χ3v) is 6.79. The molecule has 2 fully saturated rings. The minimum absolute atomic E-state index is 0.122. The fraction of sp³-hybridized carbons (Fsp3) is 0.679. The molecule has 2 saturated carbocycles. The first-order valence-electron chi connectivity index (χ1n) is 12.6. The van der Waals surface area contributed by atoms with Gasteiger partial charge in [0.1, 0.15) is 5.60 Å². The van der Waals surface area contributed by atoms with Crippen molar-refractivity contribution < 1.29 is 9.53 Å². The van der Waals surface area contributed by atoms with Crippen LogP contribution in [0.3, 0.4) is 0 Å². The van der Waals surface area contributed by atoms with Crippen molar-refractivity contribution in [1.29, 1.82) is 0 Å². The molecule has 4 heteroatoms. The Balaban J connectivity index is 1.39. The number of carbonyl (C=O) groups is 1. The first-order valence-corrected chi connectivity index (χ1v) is 12.6. The molecule has 3 rings (SSSR count). The van der Waals surface area contributed by atoms with Gasteiger partial charge in [0.15, 0.2) is 0 Å². The van der Waals surface area contributed by atoms with Crippen molar-refractivity contribution in [3.63, 3.8) is 0 Å². The fourth-order valence-corrected chi connectivity index (χ4v) is 4.68. The van der Waals surface area contributed by atoms with Crippen LogP contribution in [0.4, 0.5) is 0 Å². The molecule has 0 unspecified atom stereocenters. The summed E-state index contributed by atoms with van der Waals surface area (Å²) < 4.78 is 5.59. The van der Waals surface area contributed by atoms with Gasteiger partial charge in [0, 0.05) is 24.7 Å². The lowest BCUT2D eigenvalue weighted by atomic mass is 9.88. The lowest BCUT2D eigenvalue weighted by Gasteiger charge is -2.33. The van der Waals surface area contributed by atoms with Gasteiger partial charge in [-0.1, -0.05) is 48.9 Å². The molecule has 2 aliphatic rings. The number of benzene rings is 1. The van der Waals surface area contributed by atoms with E-state index in [-0.39, 0.29) is 5.97 Å². The molecule has 2 N–H and O–H groups in total. The van der Waals surface area contributed by atoms with Gasteiger partial charge < -0.3 is 15.4 Å². The van der Waals surface area contributed by atoms with E-state index in [1.54, 1.807) is 5.57 Å². The second-order valence-electron chi connectivity index (χ2n) is 11.4. The van der Waals surface area contributed by atoms with E-state index in [1.165, 1.54) is 37.7 Å². The summed E-state index contributed by atoms with van der Waals surface area (Å²) in [4.78, 5) is 12.5. The summed E-state index contributed by atoms with van der Waals surface area (Å²) in [6.45, 7) is 12.7. The number of rotatable bonds is 9. The van der Waals surface area contributed by atoms with E-state index in [9.17, 15) is 4.79 Å². The summed E-state index contributed by atoms with van der Waals surface area (Å²) in [6.07, 6.45) is 9.53. The van der Waals surface area contributed by atoms with Gasteiger partial charge in [-0.3, -0.25) is 4.79 Å². The van der Waals surface area contributed by atoms with Crippen LogP contribution in [-0.4, -0.2) is 36.2 Å². The number of hydrogen-bond acceptors (Lipinski definition) is 4. The Kier molecular flexibility index (Phi) is 8.21. The molecule has 0 bridgehead atoms. The van der Waals surface area contributed by atoms with Gasteiger partial charge in [-0.05, 0) is 84.6 Å². The zero-order valence-electron chi connectivity index (χ0n) is 21.0. The van der Waals surface area contributed by atoms with Crippen molar-refractivity contribution in [1.82, 2.24) is 10.6 Å². The Hall–Kier alpha value is -1.65. The van der Waals surface area contributed by atoms with Crippen LogP contribution in [0.1, 0.15) is 85.6 Å². The number of ether oxygens (including phenoxy) is 1. The number of esters is 1. The summed E-state index contributed by atoms with van der Waals surface area (Å²) in [5, 5.41) is 7.58. The van der Waals surface area contributed by atoms with Crippen LogP contribution in [0.25, 0.3) is 6.08 Å². The molecular formula is C28H44N2O2. The first-order chi connectivity index (χ1) is 15.1. The van der Waals surface area contributed by atoms with Gasteiger partial charge in [-0.25, -0.2) is 0 Å². The van der Waals surface area contributed by atoms with Crippen LogP contribution in [0.15, 0.2) is 35.9 Å². The Labute approximate surface area is 195 Å². The third kappa shape index (κ3) is 7.45. The molecular weight excluding hydrogens is 396 g/mol. The Morgan fingerprint density at radius 1 is 1.03 bits per heavy atom. The molecule has 0 radical (unpaired) electrons. The van der Waals surface area contributed by atoms with Gasteiger partial charge >= 0.3 is 5.97 Å². The minimum atomic E-state index is -0.509. The van der Waals surface area contributed by atoms with E-state index in [0.717, 1.165) is 6.42 Å². The van der Waals surface area contributed by atoms with Crippen molar-refractivity contribution in [2.75, 3.05) is 6.54 Å². The molecule has 0 heterocycles. The highest BCUT2D eigenvalue weighted by Gasteiger charge is 2.40. The maximum absolute atomic E-state index is 12.5. The molecule has 0 aliphatic heterocycles. The lowest BCUT2D eigenvalue weighted by molar-refractivity contribution is -0.165. The van der Waals surface area contributed by atoms with Crippen molar-refractivity contribution in [3.05, 3.63) is 41.5 Å². The maximum atomic E-state index is 12.5. The highest BCUT2D eigenvalue weighted by atomic mass is 16.6. The average Bonchev–Trinajstić information content (AvgIpc) is 3.50. The standard InChI is InChI=1S/C28H44N2O2/c1-7-21(17-20-11-9-8-10-12-20)24-18-25(24)30-23-15-13-22(14-16-23)29-19-28(5,6)26(31)32-27(2,3)4/h8-12,17,22-25,29-30H,7,13-16,18-19H2,1-6H3/b21-17+/t22-,23+,24-,25+/m0/s1. The smallest absolute Gasteiger partial charge is 0.313 e. The minimum Gasteiger partial charge on any atom is -0.460 e. The van der Waals surface area contributed by atoms with Crippen molar-refractivity contribution in [2.45, 2.75) is 104 Å². The van der Waals surface area contributed by atoms with Gasteiger partial charge in [0.2, 0.25) is 0 Å². The molecule has 0 amide bonds. The van der Waals surface area contributed by atoms with E-state index in [2.05, 4.69) is 54.0 Å². The normalized spacial score (nSPS) is 26.6. The Morgan fingerprint density at radius 3 is 2.25 bits per heavy atom. The monoisotopic (exact) mass is 440 g/mol. The largest absolute Gasteiger partial charge is 0.460 e. The van der Waals surface area contributed by atoms with Crippen LogP contribution in [0, 0.1) is 11.3 Å². The average molecular weight is 441 g/mol. The van der Waals surface area contributed by atoms with Gasteiger partial charge in [-0.2, -0.15) is 0 Å². The molecule has 0 aromatic heterocycles. The van der Waals surface area contributed by atoms with Crippen LogP contribution < -0.4 is 10.6 Å². The summed E-state index contributed by atoms with van der Waals surface area (Å²) in [5.41, 5.74) is 1.95. The molecule has 1 aromatic carbocycles. The van der Waals surface area contributed by atoms with Crippen LogP contribution >= 0.6 is 0 Å². The van der Waals surface area contributed by atoms with Gasteiger partial charge in [-0.15, -0.1) is 0 Å².